The van der Waals surface area contributed by atoms with Crippen LogP contribution in [0.5, 0.6) is 0 Å². The van der Waals surface area contributed by atoms with Gasteiger partial charge in [-0.25, -0.2) is 13.2 Å². The standard InChI is InChI=1S/C24H24N2O5S/c1-2-3-16-31-24(28)18-12-14-20(15-13-18)25-23(27)19-8-7-9-21(17-19)26-32(29,30)22-10-5-4-6-11-22/h4-15,17,26H,2-3,16H2,1H3,(H,25,27). The van der Waals surface area contributed by atoms with Gasteiger partial charge in [0.2, 0.25) is 0 Å². The van der Waals surface area contributed by atoms with Crippen molar-refractivity contribution >= 4 is 33.3 Å². The Morgan fingerprint density at radius 1 is 0.844 bits per heavy atom. The molecule has 0 heterocycles. The van der Waals surface area contributed by atoms with E-state index in [4.69, 9.17) is 4.74 Å². The summed E-state index contributed by atoms with van der Waals surface area (Å²) in [5, 5.41) is 2.73. The van der Waals surface area contributed by atoms with Crippen LogP contribution < -0.4 is 10.0 Å². The molecule has 2 N–H and O–H groups in total. The molecule has 0 aromatic heterocycles. The lowest BCUT2D eigenvalue weighted by atomic mass is 10.1. The van der Waals surface area contributed by atoms with Crippen LogP contribution in [0.4, 0.5) is 11.4 Å². The molecule has 8 heteroatoms. The van der Waals surface area contributed by atoms with Crippen molar-refractivity contribution in [3.05, 3.63) is 90.0 Å². The highest BCUT2D eigenvalue weighted by Gasteiger charge is 2.15. The van der Waals surface area contributed by atoms with Crippen LogP contribution in [0, 0.1) is 0 Å². The van der Waals surface area contributed by atoms with E-state index in [0.717, 1.165) is 12.8 Å². The fraction of sp³-hybridized carbons (Fsp3) is 0.167. The van der Waals surface area contributed by atoms with Gasteiger partial charge in [0, 0.05) is 16.9 Å². The molecule has 0 fully saturated rings. The van der Waals surface area contributed by atoms with Gasteiger partial charge in [-0.2, -0.15) is 0 Å². The topological polar surface area (TPSA) is 102 Å². The van der Waals surface area contributed by atoms with Crippen molar-refractivity contribution in [3.8, 4) is 0 Å². The van der Waals surface area contributed by atoms with E-state index in [-0.39, 0.29) is 16.1 Å². The Morgan fingerprint density at radius 2 is 1.56 bits per heavy atom. The fourth-order valence-electron chi connectivity index (χ4n) is 2.82. The molecule has 1 amide bonds. The lowest BCUT2D eigenvalue weighted by Crippen LogP contribution is -2.15. The fourth-order valence-corrected chi connectivity index (χ4v) is 3.89. The molecule has 0 spiro atoms. The lowest BCUT2D eigenvalue weighted by Gasteiger charge is -2.10. The molecule has 0 aliphatic carbocycles. The summed E-state index contributed by atoms with van der Waals surface area (Å²) in [5.74, 6) is -0.821. The number of benzene rings is 3. The van der Waals surface area contributed by atoms with E-state index in [1.807, 2.05) is 6.92 Å². The largest absolute Gasteiger partial charge is 0.462 e. The Bertz CT molecular complexity index is 1180. The summed E-state index contributed by atoms with van der Waals surface area (Å²) in [4.78, 5) is 24.7. The van der Waals surface area contributed by atoms with Gasteiger partial charge in [-0.05, 0) is 61.0 Å². The molecule has 0 unspecified atom stereocenters. The number of amides is 1. The molecule has 3 rings (SSSR count). The highest BCUT2D eigenvalue weighted by Crippen LogP contribution is 2.18. The molecule has 7 nitrogen and oxygen atoms in total. The third-order valence-electron chi connectivity index (χ3n) is 4.54. The van der Waals surface area contributed by atoms with Gasteiger partial charge < -0.3 is 10.1 Å². The Kier molecular flexibility index (Phi) is 7.62. The number of carbonyl (C=O) groups is 2. The van der Waals surface area contributed by atoms with E-state index < -0.39 is 21.9 Å². The van der Waals surface area contributed by atoms with Crippen LogP contribution in [0.2, 0.25) is 0 Å². The smallest absolute Gasteiger partial charge is 0.338 e. The van der Waals surface area contributed by atoms with Crippen LogP contribution >= 0.6 is 0 Å². The summed E-state index contributed by atoms with van der Waals surface area (Å²) < 4.78 is 32.6. The highest BCUT2D eigenvalue weighted by molar-refractivity contribution is 7.92. The number of anilines is 2. The van der Waals surface area contributed by atoms with Gasteiger partial charge in [0.1, 0.15) is 0 Å². The zero-order valence-corrected chi connectivity index (χ0v) is 18.4. The molecule has 0 atom stereocenters. The molecule has 0 aliphatic heterocycles. The summed E-state index contributed by atoms with van der Waals surface area (Å²) in [5.41, 5.74) is 1.44. The quantitative estimate of drug-likeness (QED) is 0.362. The Hall–Kier alpha value is -3.65. The summed E-state index contributed by atoms with van der Waals surface area (Å²) in [7, 11) is -3.76. The van der Waals surface area contributed by atoms with Crippen molar-refractivity contribution < 1.29 is 22.7 Å². The maximum absolute atomic E-state index is 12.6. The molecular formula is C24H24N2O5S. The third-order valence-corrected chi connectivity index (χ3v) is 5.94. The zero-order valence-electron chi connectivity index (χ0n) is 17.6. The molecule has 3 aromatic rings. The predicted molar refractivity (Wildman–Crippen MR) is 123 cm³/mol. The number of rotatable bonds is 9. The van der Waals surface area contributed by atoms with Crippen LogP contribution in [0.25, 0.3) is 0 Å². The van der Waals surface area contributed by atoms with E-state index >= 15 is 0 Å². The highest BCUT2D eigenvalue weighted by atomic mass is 32.2. The first-order chi connectivity index (χ1) is 15.4. The van der Waals surface area contributed by atoms with Crippen molar-refractivity contribution in [2.45, 2.75) is 24.7 Å². The molecule has 0 aliphatic rings. The number of nitrogens with one attached hydrogen (secondary N) is 2. The average Bonchev–Trinajstić information content (AvgIpc) is 2.80. The van der Waals surface area contributed by atoms with Gasteiger partial charge in [0.05, 0.1) is 17.1 Å². The Morgan fingerprint density at radius 3 is 2.25 bits per heavy atom. The number of carbonyl (C=O) groups excluding carboxylic acids is 2. The first-order valence-corrected chi connectivity index (χ1v) is 11.6. The molecule has 0 radical (unpaired) electrons. The average molecular weight is 453 g/mol. The maximum atomic E-state index is 12.6. The Labute approximate surface area is 187 Å². The number of hydrogen-bond acceptors (Lipinski definition) is 5. The van der Waals surface area contributed by atoms with Crippen molar-refractivity contribution in [1.29, 1.82) is 0 Å². The number of sulfonamides is 1. The minimum Gasteiger partial charge on any atom is -0.462 e. The van der Waals surface area contributed by atoms with Crippen molar-refractivity contribution in [2.24, 2.45) is 0 Å². The minimum absolute atomic E-state index is 0.128. The maximum Gasteiger partial charge on any atom is 0.338 e. The second-order valence-corrected chi connectivity index (χ2v) is 8.70. The zero-order chi connectivity index (χ0) is 23.0. The van der Waals surface area contributed by atoms with E-state index in [0.29, 0.717) is 17.9 Å². The Balaban J connectivity index is 1.65. The predicted octanol–water partition coefficient (Wildman–Crippen LogP) is 4.70. The van der Waals surface area contributed by atoms with Crippen LogP contribution in [0.1, 0.15) is 40.5 Å². The van der Waals surface area contributed by atoms with Crippen molar-refractivity contribution in [3.63, 3.8) is 0 Å². The summed E-state index contributed by atoms with van der Waals surface area (Å²) in [6.07, 6.45) is 1.74. The second kappa shape index (κ2) is 10.6. The van der Waals surface area contributed by atoms with E-state index in [9.17, 15) is 18.0 Å². The lowest BCUT2D eigenvalue weighted by molar-refractivity contribution is 0.0499. The molecule has 32 heavy (non-hydrogen) atoms. The number of hydrogen-bond donors (Lipinski definition) is 2. The van der Waals surface area contributed by atoms with Gasteiger partial charge in [-0.1, -0.05) is 37.6 Å². The van der Waals surface area contributed by atoms with Crippen LogP contribution in [-0.4, -0.2) is 26.9 Å². The molecule has 0 saturated carbocycles. The van der Waals surface area contributed by atoms with Gasteiger partial charge >= 0.3 is 5.97 Å². The van der Waals surface area contributed by atoms with Crippen molar-refractivity contribution in [1.82, 2.24) is 0 Å². The number of esters is 1. The number of unbranched alkanes of at least 4 members (excludes halogenated alkanes) is 1. The van der Waals surface area contributed by atoms with Crippen LogP contribution in [0.15, 0.2) is 83.8 Å². The van der Waals surface area contributed by atoms with Gasteiger partial charge in [-0.15, -0.1) is 0 Å². The van der Waals surface area contributed by atoms with Crippen LogP contribution in [-0.2, 0) is 14.8 Å². The molecule has 166 valence electrons. The third kappa shape index (κ3) is 6.18. The second-order valence-electron chi connectivity index (χ2n) is 7.02. The van der Waals surface area contributed by atoms with E-state index in [2.05, 4.69) is 10.0 Å². The molecular weight excluding hydrogens is 428 g/mol. The monoisotopic (exact) mass is 452 g/mol. The first-order valence-electron chi connectivity index (χ1n) is 10.2. The van der Waals surface area contributed by atoms with Crippen molar-refractivity contribution in [2.75, 3.05) is 16.6 Å². The minimum atomic E-state index is -3.76. The normalized spacial score (nSPS) is 10.9. The first kappa shape index (κ1) is 23.0. The van der Waals surface area contributed by atoms with Gasteiger partial charge in [-0.3, -0.25) is 9.52 Å². The molecule has 0 saturated heterocycles. The summed E-state index contributed by atoms with van der Waals surface area (Å²) in [6.45, 7) is 2.39. The molecule has 3 aromatic carbocycles. The van der Waals surface area contributed by atoms with E-state index in [1.165, 1.54) is 18.2 Å². The molecule has 0 bridgehead atoms. The summed E-state index contributed by atoms with van der Waals surface area (Å²) >= 11 is 0. The van der Waals surface area contributed by atoms with Crippen LogP contribution in [0.3, 0.4) is 0 Å². The van der Waals surface area contributed by atoms with Gasteiger partial charge in [0.15, 0.2) is 0 Å². The van der Waals surface area contributed by atoms with E-state index in [1.54, 1.807) is 60.7 Å². The summed E-state index contributed by atoms with van der Waals surface area (Å²) in [6, 6.07) is 20.5. The number of ether oxygens (including phenoxy) is 1. The SMILES string of the molecule is CCCCOC(=O)c1ccc(NC(=O)c2cccc(NS(=O)(=O)c3ccccc3)c2)cc1. The van der Waals surface area contributed by atoms with Gasteiger partial charge in [0.25, 0.3) is 15.9 Å².